The third-order valence-corrected chi connectivity index (χ3v) is 4.64. The van der Waals surface area contributed by atoms with E-state index in [0.29, 0.717) is 12.4 Å². The highest BCUT2D eigenvalue weighted by atomic mass is 16.4. The van der Waals surface area contributed by atoms with Gasteiger partial charge in [0.2, 0.25) is 0 Å². The van der Waals surface area contributed by atoms with Crippen molar-refractivity contribution in [3.63, 3.8) is 0 Å². The van der Waals surface area contributed by atoms with Crippen LogP contribution in [0.4, 0.5) is 11.5 Å². The molecule has 158 valence electrons. The van der Waals surface area contributed by atoms with Crippen LogP contribution in [0.2, 0.25) is 0 Å². The van der Waals surface area contributed by atoms with E-state index in [-0.39, 0.29) is 0 Å². The second kappa shape index (κ2) is 10.8. The summed E-state index contributed by atoms with van der Waals surface area (Å²) < 4.78 is 0. The molecule has 0 aliphatic rings. The zero-order valence-electron chi connectivity index (χ0n) is 17.3. The average Bonchev–Trinajstić information content (AvgIpc) is 2.75. The summed E-state index contributed by atoms with van der Waals surface area (Å²) in [7, 11) is 0. The number of nitrogens with zero attached hydrogens (tertiary/aromatic N) is 2. The van der Waals surface area contributed by atoms with Gasteiger partial charge in [0.15, 0.2) is 0 Å². The smallest absolute Gasteiger partial charge is 0.326 e. The molecule has 7 nitrogen and oxygen atoms in total. The van der Waals surface area contributed by atoms with E-state index in [1.54, 1.807) is 24.9 Å². The largest absolute Gasteiger partial charge is 0.480 e. The molecule has 0 saturated carbocycles. The van der Waals surface area contributed by atoms with Crippen molar-refractivity contribution in [1.29, 1.82) is 0 Å². The number of anilines is 2. The average molecular weight is 409 g/mol. The summed E-state index contributed by atoms with van der Waals surface area (Å²) >= 11 is 0. The number of likely N-dealkylation sites (N-methyl/N-ethyl adjacent to an activating group) is 1. The first kappa shape index (κ1) is 22.7. The molecule has 0 fully saturated rings. The molecule has 3 N–H and O–H groups in total. The van der Waals surface area contributed by atoms with Crippen molar-refractivity contribution in [2.24, 2.45) is 0 Å². The fraction of sp³-hybridized carbons (Fsp3) is 0.261. The number of benzene rings is 2. The first-order valence-corrected chi connectivity index (χ1v) is 9.72. The van der Waals surface area contributed by atoms with Crippen molar-refractivity contribution in [3.8, 4) is 0 Å². The molecule has 2 unspecified atom stereocenters. The molecule has 0 aliphatic heterocycles. The van der Waals surface area contributed by atoms with Crippen LogP contribution in [0.15, 0.2) is 66.9 Å². The normalized spacial score (nSPS) is 12.2. The summed E-state index contributed by atoms with van der Waals surface area (Å²) in [5.74, 6) is -0.990. The topological polar surface area (TPSA) is 103 Å². The van der Waals surface area contributed by atoms with Crippen LogP contribution in [-0.4, -0.2) is 45.8 Å². The molecule has 1 heterocycles. The van der Waals surface area contributed by atoms with Crippen molar-refractivity contribution < 1.29 is 19.8 Å². The van der Waals surface area contributed by atoms with Gasteiger partial charge in [-0.05, 0) is 44.4 Å². The quantitative estimate of drug-likeness (QED) is 0.540. The number of fused-ring (bicyclic) bond motifs is 1. The van der Waals surface area contributed by atoms with Crippen LogP contribution >= 0.6 is 0 Å². The van der Waals surface area contributed by atoms with Gasteiger partial charge in [0.25, 0.3) is 0 Å². The monoisotopic (exact) mass is 409 g/mol. The van der Waals surface area contributed by atoms with Crippen LogP contribution in [0.1, 0.15) is 20.8 Å². The van der Waals surface area contributed by atoms with E-state index < -0.39 is 24.0 Å². The number of rotatable bonds is 7. The van der Waals surface area contributed by atoms with Crippen LogP contribution in [0.3, 0.4) is 0 Å². The summed E-state index contributed by atoms with van der Waals surface area (Å²) in [4.78, 5) is 27.4. The van der Waals surface area contributed by atoms with E-state index in [1.807, 2.05) is 67.6 Å². The number of hydrogen-bond donors (Lipinski definition) is 3. The van der Waals surface area contributed by atoms with E-state index in [2.05, 4.69) is 10.3 Å². The molecule has 7 heteroatoms. The summed E-state index contributed by atoms with van der Waals surface area (Å²) in [6.07, 6.45) is 1.66. The summed E-state index contributed by atoms with van der Waals surface area (Å²) in [5, 5.41) is 22.9. The fourth-order valence-corrected chi connectivity index (χ4v) is 2.94. The van der Waals surface area contributed by atoms with Crippen LogP contribution < -0.4 is 10.2 Å². The number of carboxylic acids is 2. The number of aromatic nitrogens is 1. The number of carbonyl (C=O) groups is 2. The molecule has 0 radical (unpaired) electrons. The maximum Gasteiger partial charge on any atom is 0.326 e. The van der Waals surface area contributed by atoms with Crippen molar-refractivity contribution in [1.82, 2.24) is 4.98 Å². The zero-order chi connectivity index (χ0) is 22.1. The van der Waals surface area contributed by atoms with Gasteiger partial charge < -0.3 is 20.4 Å². The minimum Gasteiger partial charge on any atom is -0.480 e. The van der Waals surface area contributed by atoms with Crippen LogP contribution in [-0.2, 0) is 9.59 Å². The lowest BCUT2D eigenvalue weighted by molar-refractivity contribution is -0.138. The van der Waals surface area contributed by atoms with Gasteiger partial charge in [-0.25, -0.2) is 9.78 Å². The molecule has 2 aromatic carbocycles. The second-order valence-electron chi connectivity index (χ2n) is 6.72. The molecular weight excluding hydrogens is 382 g/mol. The Hall–Kier alpha value is -3.61. The molecule has 3 aromatic rings. The Labute approximate surface area is 176 Å². The first-order valence-electron chi connectivity index (χ1n) is 9.72. The van der Waals surface area contributed by atoms with Crippen molar-refractivity contribution in [2.75, 3.05) is 16.8 Å². The molecule has 0 spiro atoms. The first-order chi connectivity index (χ1) is 14.3. The third-order valence-electron chi connectivity index (χ3n) is 4.64. The summed E-state index contributed by atoms with van der Waals surface area (Å²) in [5.41, 5.74) is 0.855. The van der Waals surface area contributed by atoms with Crippen molar-refractivity contribution >= 4 is 34.2 Å². The Kier molecular flexibility index (Phi) is 8.17. The number of nitrogens with one attached hydrogen (secondary N) is 1. The number of hydrogen-bond acceptors (Lipinski definition) is 5. The SMILES string of the molecule is CC(Nc1cccc2ccccc12)C(=O)O.CCN(c1ccccn1)C(C)C(=O)O. The lowest BCUT2D eigenvalue weighted by atomic mass is 10.1. The van der Waals surface area contributed by atoms with Gasteiger partial charge in [-0.15, -0.1) is 0 Å². The van der Waals surface area contributed by atoms with E-state index in [1.165, 1.54) is 0 Å². The molecule has 0 amide bonds. The number of carboxylic acid groups (broad SMARTS) is 2. The van der Waals surface area contributed by atoms with Gasteiger partial charge in [-0.3, -0.25) is 4.79 Å². The zero-order valence-corrected chi connectivity index (χ0v) is 17.3. The summed E-state index contributed by atoms with van der Waals surface area (Å²) in [6, 6.07) is 18.0. The van der Waals surface area contributed by atoms with Gasteiger partial charge in [0, 0.05) is 23.8 Å². The minimum absolute atomic E-state index is 0.546. The summed E-state index contributed by atoms with van der Waals surface area (Å²) in [6.45, 7) is 5.82. The van der Waals surface area contributed by atoms with E-state index >= 15 is 0 Å². The third kappa shape index (κ3) is 5.94. The van der Waals surface area contributed by atoms with Gasteiger partial charge in [0.1, 0.15) is 17.9 Å². The van der Waals surface area contributed by atoms with Crippen LogP contribution in [0, 0.1) is 0 Å². The molecule has 2 atom stereocenters. The van der Waals surface area contributed by atoms with Gasteiger partial charge >= 0.3 is 11.9 Å². The lowest BCUT2D eigenvalue weighted by Gasteiger charge is -2.25. The molecule has 3 rings (SSSR count). The van der Waals surface area contributed by atoms with E-state index in [0.717, 1.165) is 16.5 Å². The number of pyridine rings is 1. The fourth-order valence-electron chi connectivity index (χ4n) is 2.94. The Balaban J connectivity index is 0.000000216. The molecule has 30 heavy (non-hydrogen) atoms. The molecular formula is C23H27N3O4. The Bertz CT molecular complexity index is 973. The lowest BCUT2D eigenvalue weighted by Crippen LogP contribution is -2.39. The maximum atomic E-state index is 10.8. The standard InChI is InChI=1S/C13H13NO2.C10H14N2O2/c1-9(13(15)16)14-12-8-4-6-10-5-2-3-7-11(10)12;1-3-12(8(2)10(13)14)9-6-4-5-7-11-9/h2-9,14H,1H3,(H,15,16);4-8H,3H2,1-2H3,(H,13,14). The van der Waals surface area contributed by atoms with Crippen molar-refractivity contribution in [2.45, 2.75) is 32.9 Å². The van der Waals surface area contributed by atoms with Crippen LogP contribution in [0.5, 0.6) is 0 Å². The molecule has 1 aromatic heterocycles. The van der Waals surface area contributed by atoms with Crippen molar-refractivity contribution in [3.05, 3.63) is 66.9 Å². The maximum absolute atomic E-state index is 10.8. The minimum atomic E-state index is -0.854. The predicted molar refractivity (Wildman–Crippen MR) is 119 cm³/mol. The Morgan fingerprint density at radius 1 is 0.967 bits per heavy atom. The highest BCUT2D eigenvalue weighted by Gasteiger charge is 2.19. The Morgan fingerprint density at radius 2 is 1.63 bits per heavy atom. The predicted octanol–water partition coefficient (Wildman–Crippen LogP) is 4.11. The highest BCUT2D eigenvalue weighted by molar-refractivity contribution is 5.95. The Morgan fingerprint density at radius 3 is 2.23 bits per heavy atom. The van der Waals surface area contributed by atoms with Gasteiger partial charge in [-0.2, -0.15) is 0 Å². The van der Waals surface area contributed by atoms with Gasteiger partial charge in [0.05, 0.1) is 0 Å². The molecule has 0 aliphatic carbocycles. The number of aliphatic carboxylic acids is 2. The van der Waals surface area contributed by atoms with Gasteiger partial charge in [-0.1, -0.05) is 42.5 Å². The molecule has 0 bridgehead atoms. The van der Waals surface area contributed by atoms with E-state index in [4.69, 9.17) is 10.2 Å². The van der Waals surface area contributed by atoms with Crippen LogP contribution in [0.25, 0.3) is 10.8 Å². The second-order valence-corrected chi connectivity index (χ2v) is 6.72. The highest BCUT2D eigenvalue weighted by Crippen LogP contribution is 2.23. The van der Waals surface area contributed by atoms with E-state index in [9.17, 15) is 9.59 Å². The molecule has 0 saturated heterocycles.